The molecular formula is C25H41N3O7. The molecule has 198 valence electrons. The lowest BCUT2D eigenvalue weighted by Crippen LogP contribution is -2.51. The predicted molar refractivity (Wildman–Crippen MR) is 130 cm³/mol. The second kappa shape index (κ2) is 12.5. The van der Waals surface area contributed by atoms with Gasteiger partial charge in [-0.05, 0) is 53.5 Å². The highest BCUT2D eigenvalue weighted by Crippen LogP contribution is 2.44. The van der Waals surface area contributed by atoms with Crippen LogP contribution >= 0.6 is 0 Å². The number of amides is 2. The van der Waals surface area contributed by atoms with Crippen molar-refractivity contribution in [1.29, 1.82) is 0 Å². The number of carbonyl (C=O) groups is 4. The fourth-order valence-electron chi connectivity index (χ4n) is 4.49. The minimum atomic E-state index is -0.825. The molecule has 0 spiro atoms. The maximum atomic E-state index is 13.2. The van der Waals surface area contributed by atoms with E-state index in [1.165, 1.54) is 4.90 Å². The van der Waals surface area contributed by atoms with E-state index in [4.69, 9.17) is 9.47 Å². The first kappa shape index (κ1) is 28.8. The van der Waals surface area contributed by atoms with Crippen LogP contribution in [0.4, 0.5) is 4.79 Å². The molecule has 2 fully saturated rings. The first-order chi connectivity index (χ1) is 16.5. The molecule has 0 aromatic rings. The maximum absolute atomic E-state index is 13.2. The fraction of sp³-hybridized carbons (Fsp3) is 0.760. The molecule has 3 N–H and O–H groups in total. The Morgan fingerprint density at radius 1 is 1.23 bits per heavy atom. The van der Waals surface area contributed by atoms with Crippen molar-refractivity contribution in [2.24, 2.45) is 5.92 Å². The molecule has 0 aromatic carbocycles. The number of hydrogen-bond donors (Lipinski definition) is 3. The Balaban J connectivity index is 1.87. The number of methoxy groups -OCH3 is 1. The lowest BCUT2D eigenvalue weighted by molar-refractivity contribution is -0.140. The SMILES string of the molecule is CN[C@]1(C(=O)O)C[C@H]1/C=C\CCCCC[C@H](NC(=O)OC(C)(C)C)C(=O)N1C[C@H](OC)C[C@H]1C=O. The lowest BCUT2D eigenvalue weighted by Gasteiger charge is -2.28. The van der Waals surface area contributed by atoms with Crippen molar-refractivity contribution in [2.45, 2.75) is 95.0 Å². The van der Waals surface area contributed by atoms with Gasteiger partial charge in [0.2, 0.25) is 5.91 Å². The molecule has 10 heteroatoms. The average molecular weight is 496 g/mol. The molecule has 10 nitrogen and oxygen atoms in total. The molecule has 2 aliphatic rings. The van der Waals surface area contributed by atoms with Gasteiger partial charge in [-0.25, -0.2) is 4.79 Å². The molecule has 0 radical (unpaired) electrons. The molecule has 0 aromatic heterocycles. The van der Waals surface area contributed by atoms with Crippen molar-refractivity contribution >= 4 is 24.3 Å². The fourth-order valence-corrected chi connectivity index (χ4v) is 4.49. The number of allylic oxidation sites excluding steroid dienone is 1. The normalized spacial score (nSPS) is 27.0. The topological polar surface area (TPSA) is 134 Å². The number of carbonyl (C=O) groups excluding carboxylic acids is 3. The number of hydrogen-bond acceptors (Lipinski definition) is 7. The summed E-state index contributed by atoms with van der Waals surface area (Å²) in [7, 11) is 3.22. The third-order valence-corrected chi connectivity index (χ3v) is 6.64. The largest absolute Gasteiger partial charge is 0.480 e. The third-order valence-electron chi connectivity index (χ3n) is 6.64. The Morgan fingerprint density at radius 3 is 2.49 bits per heavy atom. The number of nitrogens with one attached hydrogen (secondary N) is 2. The van der Waals surface area contributed by atoms with Gasteiger partial charge in [0.05, 0.1) is 12.1 Å². The standard InChI is InChI=1S/C25H41N3O7/c1-24(2,3)35-23(33)27-20(21(30)28-15-19(34-5)13-18(28)16-29)12-10-8-6-7-9-11-17-14-25(17,26-4)22(31)32/h9,11,16-20,26H,6-8,10,12-15H2,1-5H3,(H,27,33)(H,31,32)/b11-9-/t17-,18+,19-,20+,25-/m1/s1. The maximum Gasteiger partial charge on any atom is 0.408 e. The number of likely N-dealkylation sites (N-methyl/N-ethyl adjacent to an activating group) is 1. The van der Waals surface area contributed by atoms with Gasteiger partial charge in [-0.1, -0.05) is 25.0 Å². The Morgan fingerprint density at radius 2 is 1.94 bits per heavy atom. The number of unbranched alkanes of at least 4 members (excludes halogenated alkanes) is 3. The van der Waals surface area contributed by atoms with E-state index in [2.05, 4.69) is 10.6 Å². The Hall–Kier alpha value is -2.46. The summed E-state index contributed by atoms with van der Waals surface area (Å²) in [5.74, 6) is -1.13. The lowest BCUT2D eigenvalue weighted by atomic mass is 10.0. The van der Waals surface area contributed by atoms with Gasteiger partial charge in [0.25, 0.3) is 0 Å². The van der Waals surface area contributed by atoms with E-state index < -0.39 is 35.3 Å². The van der Waals surface area contributed by atoms with Gasteiger partial charge in [0.15, 0.2) is 0 Å². The van der Waals surface area contributed by atoms with E-state index >= 15 is 0 Å². The molecule has 1 aliphatic carbocycles. The van der Waals surface area contributed by atoms with Gasteiger partial charge in [0.1, 0.15) is 23.5 Å². The van der Waals surface area contributed by atoms with Crippen molar-refractivity contribution < 1.29 is 33.8 Å². The number of carboxylic acids is 1. The van der Waals surface area contributed by atoms with Gasteiger partial charge in [-0.3, -0.25) is 9.59 Å². The first-order valence-corrected chi connectivity index (χ1v) is 12.3. The zero-order chi connectivity index (χ0) is 26.2. The third kappa shape index (κ3) is 8.03. The minimum absolute atomic E-state index is 0.00665. The van der Waals surface area contributed by atoms with Gasteiger partial charge < -0.3 is 34.9 Å². The molecule has 2 rings (SSSR count). The summed E-state index contributed by atoms with van der Waals surface area (Å²) in [5.41, 5.74) is -1.52. The van der Waals surface area contributed by atoms with Crippen LogP contribution in [0.25, 0.3) is 0 Å². The molecule has 1 saturated carbocycles. The molecule has 1 aliphatic heterocycles. The summed E-state index contributed by atoms with van der Waals surface area (Å²) in [6.45, 7) is 5.56. The van der Waals surface area contributed by atoms with Gasteiger partial charge in [-0.2, -0.15) is 0 Å². The van der Waals surface area contributed by atoms with Crippen LogP contribution in [0.15, 0.2) is 12.2 Å². The van der Waals surface area contributed by atoms with Crippen molar-refractivity contribution in [3.05, 3.63) is 12.2 Å². The van der Waals surface area contributed by atoms with Crippen LogP contribution in [0.3, 0.4) is 0 Å². The van der Waals surface area contributed by atoms with Crippen molar-refractivity contribution in [3.8, 4) is 0 Å². The number of aldehydes is 1. The molecule has 0 unspecified atom stereocenters. The molecule has 1 heterocycles. The van der Waals surface area contributed by atoms with E-state index in [-0.39, 0.29) is 17.9 Å². The molecule has 35 heavy (non-hydrogen) atoms. The first-order valence-electron chi connectivity index (χ1n) is 12.3. The number of alkyl carbamates (subject to hydrolysis) is 1. The van der Waals surface area contributed by atoms with E-state index in [0.29, 0.717) is 32.2 Å². The minimum Gasteiger partial charge on any atom is -0.480 e. The number of nitrogens with zero attached hydrogens (tertiary/aromatic N) is 1. The van der Waals surface area contributed by atoms with Crippen molar-refractivity contribution in [2.75, 3.05) is 20.7 Å². The van der Waals surface area contributed by atoms with Crippen LogP contribution in [-0.4, -0.2) is 84.3 Å². The summed E-state index contributed by atoms with van der Waals surface area (Å²) in [5, 5.41) is 14.9. The predicted octanol–water partition coefficient (Wildman–Crippen LogP) is 2.26. The number of rotatable bonds is 13. The summed E-state index contributed by atoms with van der Waals surface area (Å²) < 4.78 is 10.7. The van der Waals surface area contributed by atoms with Crippen molar-refractivity contribution in [3.63, 3.8) is 0 Å². The zero-order valence-corrected chi connectivity index (χ0v) is 21.5. The second-order valence-electron chi connectivity index (χ2n) is 10.4. The summed E-state index contributed by atoms with van der Waals surface area (Å²) in [6.07, 6.45) is 8.52. The monoisotopic (exact) mass is 495 g/mol. The molecule has 1 saturated heterocycles. The Bertz CT molecular complexity index is 794. The van der Waals surface area contributed by atoms with Crippen LogP contribution < -0.4 is 10.6 Å². The smallest absolute Gasteiger partial charge is 0.408 e. The van der Waals surface area contributed by atoms with E-state index in [9.17, 15) is 24.3 Å². The Labute approximate surface area is 207 Å². The van der Waals surface area contributed by atoms with E-state index in [1.54, 1.807) is 34.9 Å². The average Bonchev–Trinajstić information content (AvgIpc) is 3.36. The molecule has 2 amide bonds. The van der Waals surface area contributed by atoms with Crippen LogP contribution in [0.2, 0.25) is 0 Å². The van der Waals surface area contributed by atoms with Crippen LogP contribution in [-0.2, 0) is 23.9 Å². The molecule has 5 atom stereocenters. The summed E-state index contributed by atoms with van der Waals surface area (Å²) >= 11 is 0. The Kier molecular flexibility index (Phi) is 10.3. The van der Waals surface area contributed by atoms with Crippen molar-refractivity contribution in [1.82, 2.24) is 15.5 Å². The number of carboxylic acid groups (broad SMARTS) is 1. The van der Waals surface area contributed by atoms with Gasteiger partial charge in [0, 0.05) is 26.0 Å². The van der Waals surface area contributed by atoms with E-state index in [0.717, 1.165) is 25.5 Å². The van der Waals surface area contributed by atoms with Crippen LogP contribution in [0, 0.1) is 5.92 Å². The number of likely N-dealkylation sites (tertiary alicyclic amines) is 1. The summed E-state index contributed by atoms with van der Waals surface area (Å²) in [6, 6.07) is -1.37. The zero-order valence-electron chi connectivity index (χ0n) is 21.5. The number of ether oxygens (including phenoxy) is 2. The van der Waals surface area contributed by atoms with Gasteiger partial charge >= 0.3 is 12.1 Å². The quantitative estimate of drug-likeness (QED) is 0.201. The summed E-state index contributed by atoms with van der Waals surface area (Å²) in [4.78, 5) is 50.0. The second-order valence-corrected chi connectivity index (χ2v) is 10.4. The van der Waals surface area contributed by atoms with E-state index in [1.807, 2.05) is 12.2 Å². The highest BCUT2D eigenvalue weighted by Gasteiger charge is 2.58. The van der Waals surface area contributed by atoms with Crippen LogP contribution in [0.5, 0.6) is 0 Å². The highest BCUT2D eigenvalue weighted by molar-refractivity contribution is 5.88. The molecule has 0 bridgehead atoms. The molecular weight excluding hydrogens is 454 g/mol. The number of aliphatic carboxylic acids is 1. The highest BCUT2D eigenvalue weighted by atomic mass is 16.6. The van der Waals surface area contributed by atoms with Gasteiger partial charge in [-0.15, -0.1) is 0 Å². The van der Waals surface area contributed by atoms with Crippen LogP contribution in [0.1, 0.15) is 65.7 Å².